The maximum atomic E-state index is 12.9. The van der Waals surface area contributed by atoms with Gasteiger partial charge in [0.15, 0.2) is 0 Å². The fourth-order valence-electron chi connectivity index (χ4n) is 2.03. The number of hydrogen-bond acceptors (Lipinski definition) is 4. The van der Waals surface area contributed by atoms with E-state index in [0.717, 1.165) is 28.6 Å². The number of sulfonamides is 1. The van der Waals surface area contributed by atoms with Crippen LogP contribution in [0.5, 0.6) is 5.75 Å². The number of nitrogens with zero attached hydrogens (tertiary/aromatic N) is 1. The van der Waals surface area contributed by atoms with Gasteiger partial charge in [0.05, 0.1) is 17.1 Å². The third-order valence-electron chi connectivity index (χ3n) is 3.27. The predicted molar refractivity (Wildman–Crippen MR) is 87.9 cm³/mol. The van der Waals surface area contributed by atoms with E-state index < -0.39 is 34.9 Å². The molecular formula is C16H15F3N2O4S. The van der Waals surface area contributed by atoms with Crippen molar-refractivity contribution in [2.75, 3.05) is 18.9 Å². The molecule has 0 radical (unpaired) electrons. The molecule has 0 spiro atoms. The van der Waals surface area contributed by atoms with E-state index >= 15 is 0 Å². The fraction of sp³-hybridized carbons (Fsp3) is 0.188. The molecule has 140 valence electrons. The zero-order chi connectivity index (χ0) is 19.3. The van der Waals surface area contributed by atoms with E-state index in [4.69, 9.17) is 0 Å². The Morgan fingerprint density at radius 1 is 1.15 bits per heavy atom. The summed E-state index contributed by atoms with van der Waals surface area (Å²) in [6, 6.07) is 9.63. The van der Waals surface area contributed by atoms with Crippen molar-refractivity contribution < 1.29 is 31.1 Å². The molecule has 2 aromatic rings. The molecule has 0 aliphatic heterocycles. The van der Waals surface area contributed by atoms with Crippen LogP contribution < -0.4 is 10.1 Å². The molecule has 10 heteroatoms. The molecule has 0 saturated heterocycles. The molecule has 0 fully saturated rings. The van der Waals surface area contributed by atoms with Crippen molar-refractivity contribution in [3.05, 3.63) is 54.3 Å². The Bertz CT molecular complexity index is 873. The van der Waals surface area contributed by atoms with Gasteiger partial charge in [0, 0.05) is 7.05 Å². The van der Waals surface area contributed by atoms with Crippen LogP contribution >= 0.6 is 0 Å². The lowest BCUT2D eigenvalue weighted by molar-refractivity contribution is -0.116. The summed E-state index contributed by atoms with van der Waals surface area (Å²) in [7, 11) is -2.85. The highest BCUT2D eigenvalue weighted by Gasteiger charge is 2.23. The van der Waals surface area contributed by atoms with Crippen molar-refractivity contribution in [1.82, 2.24) is 4.31 Å². The Morgan fingerprint density at radius 3 is 2.38 bits per heavy atom. The van der Waals surface area contributed by atoms with Crippen molar-refractivity contribution in [2.45, 2.75) is 11.5 Å². The normalized spacial score (nSPS) is 11.6. The summed E-state index contributed by atoms with van der Waals surface area (Å²) in [5, 5.41) is 2.32. The zero-order valence-corrected chi connectivity index (χ0v) is 14.3. The van der Waals surface area contributed by atoms with E-state index in [1.165, 1.54) is 31.3 Å². The minimum Gasteiger partial charge on any atom is -0.433 e. The van der Waals surface area contributed by atoms with E-state index in [0.29, 0.717) is 0 Å². The third-order valence-corrected chi connectivity index (χ3v) is 5.08. The average Bonchev–Trinajstić information content (AvgIpc) is 2.56. The van der Waals surface area contributed by atoms with Gasteiger partial charge in [-0.25, -0.2) is 12.8 Å². The van der Waals surface area contributed by atoms with Crippen molar-refractivity contribution in [2.24, 2.45) is 0 Å². The molecule has 6 nitrogen and oxygen atoms in total. The molecule has 0 bridgehead atoms. The number of nitrogens with one attached hydrogen (secondary N) is 1. The summed E-state index contributed by atoms with van der Waals surface area (Å²) in [5.74, 6) is -1.61. The molecule has 2 rings (SSSR count). The summed E-state index contributed by atoms with van der Waals surface area (Å²) in [5.41, 5.74) is -0.0228. The van der Waals surface area contributed by atoms with Crippen molar-refractivity contribution in [1.29, 1.82) is 0 Å². The van der Waals surface area contributed by atoms with Crippen LogP contribution in [-0.2, 0) is 14.8 Å². The molecule has 2 aromatic carbocycles. The van der Waals surface area contributed by atoms with Crippen LogP contribution in [0.4, 0.5) is 18.9 Å². The lowest BCUT2D eigenvalue weighted by Crippen LogP contribution is -2.35. The number of amides is 1. The van der Waals surface area contributed by atoms with Crippen LogP contribution in [0, 0.1) is 5.82 Å². The Hall–Kier alpha value is -2.59. The van der Waals surface area contributed by atoms with Gasteiger partial charge < -0.3 is 10.1 Å². The van der Waals surface area contributed by atoms with Gasteiger partial charge in [-0.15, -0.1) is 0 Å². The van der Waals surface area contributed by atoms with Crippen LogP contribution in [0.2, 0.25) is 0 Å². The van der Waals surface area contributed by atoms with E-state index in [-0.39, 0.29) is 16.3 Å². The Labute approximate surface area is 148 Å². The van der Waals surface area contributed by atoms with Crippen molar-refractivity contribution in [3.63, 3.8) is 0 Å². The minimum absolute atomic E-state index is 0.0228. The molecular weight excluding hydrogens is 373 g/mol. The van der Waals surface area contributed by atoms with Crippen LogP contribution in [0.15, 0.2) is 53.4 Å². The number of carbonyl (C=O) groups is 1. The van der Waals surface area contributed by atoms with E-state index in [2.05, 4.69) is 10.1 Å². The number of alkyl halides is 2. The maximum absolute atomic E-state index is 12.9. The summed E-state index contributed by atoms with van der Waals surface area (Å²) >= 11 is 0. The summed E-state index contributed by atoms with van der Waals surface area (Å²) in [6.07, 6.45) is 0. The molecule has 0 saturated carbocycles. The molecule has 1 N–H and O–H groups in total. The quantitative estimate of drug-likeness (QED) is 0.791. The van der Waals surface area contributed by atoms with Gasteiger partial charge in [-0.2, -0.15) is 13.1 Å². The number of anilines is 1. The summed E-state index contributed by atoms with van der Waals surface area (Å²) in [4.78, 5) is 11.9. The Morgan fingerprint density at radius 2 is 1.77 bits per heavy atom. The highest BCUT2D eigenvalue weighted by molar-refractivity contribution is 7.89. The van der Waals surface area contributed by atoms with Crippen LogP contribution in [0.1, 0.15) is 0 Å². The predicted octanol–water partition coefficient (Wildman–Crippen LogP) is 2.69. The summed E-state index contributed by atoms with van der Waals surface area (Å²) in [6.45, 7) is -3.66. The van der Waals surface area contributed by atoms with Gasteiger partial charge in [0.1, 0.15) is 11.6 Å². The monoisotopic (exact) mass is 388 g/mol. The van der Waals surface area contributed by atoms with Gasteiger partial charge in [0.2, 0.25) is 15.9 Å². The second kappa shape index (κ2) is 8.19. The number of benzene rings is 2. The highest BCUT2D eigenvalue weighted by Crippen LogP contribution is 2.25. The standard InChI is InChI=1S/C16H15F3N2O4S/c1-21(26(23,24)12-8-6-11(17)7-9-12)10-15(22)20-13-4-2-3-5-14(13)25-16(18)19/h2-9,16H,10H2,1H3,(H,20,22). The molecule has 26 heavy (non-hydrogen) atoms. The van der Waals surface area contributed by atoms with Gasteiger partial charge in [-0.3, -0.25) is 4.79 Å². The molecule has 0 atom stereocenters. The second-order valence-electron chi connectivity index (χ2n) is 5.14. The number of ether oxygens (including phenoxy) is 1. The second-order valence-corrected chi connectivity index (χ2v) is 7.18. The number of halogens is 3. The zero-order valence-electron chi connectivity index (χ0n) is 13.5. The first-order chi connectivity index (χ1) is 12.2. The Balaban J connectivity index is 2.09. The van der Waals surface area contributed by atoms with Gasteiger partial charge in [0.25, 0.3) is 0 Å². The Kier molecular flexibility index (Phi) is 6.22. The number of likely N-dealkylation sites (N-methyl/N-ethyl adjacent to an activating group) is 1. The fourth-order valence-corrected chi connectivity index (χ4v) is 3.16. The van der Waals surface area contributed by atoms with Gasteiger partial charge in [-0.1, -0.05) is 12.1 Å². The molecule has 1 amide bonds. The smallest absolute Gasteiger partial charge is 0.387 e. The minimum atomic E-state index is -4.02. The SMILES string of the molecule is CN(CC(=O)Nc1ccccc1OC(F)F)S(=O)(=O)c1ccc(F)cc1. The number of para-hydroxylation sites is 2. The molecule has 0 aliphatic rings. The molecule has 0 aromatic heterocycles. The largest absolute Gasteiger partial charge is 0.433 e. The topological polar surface area (TPSA) is 75.7 Å². The van der Waals surface area contributed by atoms with Crippen LogP contribution in [0.25, 0.3) is 0 Å². The van der Waals surface area contributed by atoms with E-state index in [1.54, 1.807) is 0 Å². The van der Waals surface area contributed by atoms with E-state index in [1.807, 2.05) is 0 Å². The van der Waals surface area contributed by atoms with Gasteiger partial charge in [-0.05, 0) is 36.4 Å². The van der Waals surface area contributed by atoms with Crippen LogP contribution in [-0.4, -0.2) is 38.8 Å². The summed E-state index contributed by atoms with van der Waals surface area (Å²) < 4.78 is 67.4. The molecule has 0 unspecified atom stereocenters. The van der Waals surface area contributed by atoms with Crippen molar-refractivity contribution in [3.8, 4) is 5.75 Å². The average molecular weight is 388 g/mol. The third kappa shape index (κ3) is 4.96. The number of hydrogen-bond donors (Lipinski definition) is 1. The first kappa shape index (κ1) is 19.7. The first-order valence-corrected chi connectivity index (χ1v) is 8.70. The number of rotatable bonds is 7. The lowest BCUT2D eigenvalue weighted by Gasteiger charge is -2.17. The number of carbonyl (C=O) groups excluding carboxylic acids is 1. The highest BCUT2D eigenvalue weighted by atomic mass is 32.2. The van der Waals surface area contributed by atoms with E-state index in [9.17, 15) is 26.4 Å². The maximum Gasteiger partial charge on any atom is 0.387 e. The first-order valence-electron chi connectivity index (χ1n) is 7.26. The van der Waals surface area contributed by atoms with Crippen LogP contribution in [0.3, 0.4) is 0 Å². The lowest BCUT2D eigenvalue weighted by atomic mass is 10.3. The molecule has 0 aliphatic carbocycles. The van der Waals surface area contributed by atoms with Gasteiger partial charge >= 0.3 is 6.61 Å². The van der Waals surface area contributed by atoms with Crippen molar-refractivity contribution >= 4 is 21.6 Å². The molecule has 0 heterocycles.